The van der Waals surface area contributed by atoms with Gasteiger partial charge in [0.25, 0.3) is 0 Å². The van der Waals surface area contributed by atoms with Crippen LogP contribution in [0.5, 0.6) is 0 Å². The van der Waals surface area contributed by atoms with Crippen LogP contribution in [0.25, 0.3) is 0 Å². The van der Waals surface area contributed by atoms with E-state index in [-0.39, 0.29) is 0 Å². The SMILES string of the molecule is CCCCOC(=O)C(=O)N(CC)CC. The fourth-order valence-corrected chi connectivity index (χ4v) is 1.01. The van der Waals surface area contributed by atoms with Crippen molar-refractivity contribution < 1.29 is 14.3 Å². The van der Waals surface area contributed by atoms with E-state index in [1.165, 1.54) is 4.90 Å². The summed E-state index contributed by atoms with van der Waals surface area (Å²) in [4.78, 5) is 24.0. The fourth-order valence-electron chi connectivity index (χ4n) is 1.01. The van der Waals surface area contributed by atoms with E-state index in [0.717, 1.165) is 12.8 Å². The second kappa shape index (κ2) is 7.35. The third-order valence-electron chi connectivity index (χ3n) is 1.96. The maximum atomic E-state index is 11.4. The van der Waals surface area contributed by atoms with Crippen LogP contribution in [0, 0.1) is 0 Å². The molecule has 4 nitrogen and oxygen atoms in total. The van der Waals surface area contributed by atoms with Crippen molar-refractivity contribution in [1.82, 2.24) is 4.90 Å². The first-order valence-corrected chi connectivity index (χ1v) is 5.13. The number of amides is 1. The summed E-state index contributed by atoms with van der Waals surface area (Å²) >= 11 is 0. The second-order valence-corrected chi connectivity index (χ2v) is 2.97. The highest BCUT2D eigenvalue weighted by atomic mass is 16.5. The minimum Gasteiger partial charge on any atom is -0.459 e. The number of esters is 1. The summed E-state index contributed by atoms with van der Waals surface area (Å²) in [6.45, 7) is 7.08. The van der Waals surface area contributed by atoms with Crippen molar-refractivity contribution in [2.75, 3.05) is 19.7 Å². The number of carbonyl (C=O) groups excluding carboxylic acids is 2. The Bertz CT molecular complexity index is 188. The smallest absolute Gasteiger partial charge is 0.397 e. The molecule has 0 bridgehead atoms. The molecule has 0 aliphatic carbocycles. The van der Waals surface area contributed by atoms with Gasteiger partial charge in [-0.3, -0.25) is 4.79 Å². The Hall–Kier alpha value is -1.06. The average Bonchev–Trinajstić information content (AvgIpc) is 2.19. The van der Waals surface area contributed by atoms with Crippen molar-refractivity contribution in [2.24, 2.45) is 0 Å². The number of rotatable bonds is 5. The van der Waals surface area contributed by atoms with Gasteiger partial charge in [-0.1, -0.05) is 13.3 Å². The van der Waals surface area contributed by atoms with Gasteiger partial charge in [0, 0.05) is 13.1 Å². The summed E-state index contributed by atoms with van der Waals surface area (Å²) < 4.78 is 4.80. The summed E-state index contributed by atoms with van der Waals surface area (Å²) in [5.41, 5.74) is 0. The van der Waals surface area contributed by atoms with E-state index in [2.05, 4.69) is 0 Å². The monoisotopic (exact) mass is 201 g/mol. The number of hydrogen-bond donors (Lipinski definition) is 0. The Labute approximate surface area is 85.2 Å². The highest BCUT2D eigenvalue weighted by molar-refractivity contribution is 6.32. The van der Waals surface area contributed by atoms with Gasteiger partial charge in [-0.25, -0.2) is 4.79 Å². The molecule has 0 fully saturated rings. The Morgan fingerprint density at radius 1 is 1.14 bits per heavy atom. The highest BCUT2D eigenvalue weighted by Gasteiger charge is 2.20. The zero-order valence-corrected chi connectivity index (χ0v) is 9.21. The molecule has 0 aromatic heterocycles. The number of likely N-dealkylation sites (N-methyl/N-ethyl adjacent to an activating group) is 1. The van der Waals surface area contributed by atoms with Crippen molar-refractivity contribution in [3.05, 3.63) is 0 Å². The predicted molar refractivity (Wildman–Crippen MR) is 53.8 cm³/mol. The van der Waals surface area contributed by atoms with Gasteiger partial charge in [-0.15, -0.1) is 0 Å². The first-order valence-electron chi connectivity index (χ1n) is 5.13. The summed E-state index contributed by atoms with van der Waals surface area (Å²) in [5.74, 6) is -1.27. The van der Waals surface area contributed by atoms with Crippen LogP contribution in [0.4, 0.5) is 0 Å². The molecule has 4 heteroatoms. The van der Waals surface area contributed by atoms with E-state index in [0.29, 0.717) is 19.7 Å². The predicted octanol–water partition coefficient (Wildman–Crippen LogP) is 1.20. The van der Waals surface area contributed by atoms with Crippen LogP contribution in [0.1, 0.15) is 33.6 Å². The Balaban J connectivity index is 3.91. The van der Waals surface area contributed by atoms with Crippen LogP contribution in [-0.4, -0.2) is 36.5 Å². The zero-order valence-electron chi connectivity index (χ0n) is 9.21. The molecule has 0 saturated carbocycles. The van der Waals surface area contributed by atoms with E-state index in [1.54, 1.807) is 0 Å². The molecule has 0 saturated heterocycles. The van der Waals surface area contributed by atoms with Crippen molar-refractivity contribution in [3.63, 3.8) is 0 Å². The van der Waals surface area contributed by atoms with E-state index in [4.69, 9.17) is 4.74 Å². The lowest BCUT2D eigenvalue weighted by atomic mass is 10.4. The summed E-state index contributed by atoms with van der Waals surface area (Å²) in [6, 6.07) is 0. The average molecular weight is 201 g/mol. The van der Waals surface area contributed by atoms with E-state index >= 15 is 0 Å². The van der Waals surface area contributed by atoms with Crippen molar-refractivity contribution >= 4 is 11.9 Å². The second-order valence-electron chi connectivity index (χ2n) is 2.97. The molecule has 0 radical (unpaired) electrons. The summed E-state index contributed by atoms with van der Waals surface area (Å²) in [6.07, 6.45) is 1.75. The van der Waals surface area contributed by atoms with E-state index < -0.39 is 11.9 Å². The van der Waals surface area contributed by atoms with Crippen LogP contribution in [0.3, 0.4) is 0 Å². The van der Waals surface area contributed by atoms with Crippen LogP contribution < -0.4 is 0 Å². The quantitative estimate of drug-likeness (QED) is 0.381. The zero-order chi connectivity index (χ0) is 11.0. The number of hydrogen-bond acceptors (Lipinski definition) is 3. The molecule has 14 heavy (non-hydrogen) atoms. The lowest BCUT2D eigenvalue weighted by Gasteiger charge is -2.16. The van der Waals surface area contributed by atoms with Crippen LogP contribution in [0.2, 0.25) is 0 Å². The number of ether oxygens (including phenoxy) is 1. The lowest BCUT2D eigenvalue weighted by Crippen LogP contribution is -2.37. The van der Waals surface area contributed by atoms with Crippen molar-refractivity contribution in [3.8, 4) is 0 Å². The maximum absolute atomic E-state index is 11.4. The number of unbranched alkanes of at least 4 members (excludes halogenated alkanes) is 1. The molecule has 0 unspecified atom stereocenters. The molecular formula is C10H19NO3. The van der Waals surface area contributed by atoms with Crippen molar-refractivity contribution in [1.29, 1.82) is 0 Å². The van der Waals surface area contributed by atoms with Gasteiger partial charge < -0.3 is 9.64 Å². The van der Waals surface area contributed by atoms with Gasteiger partial charge >= 0.3 is 11.9 Å². The van der Waals surface area contributed by atoms with Gasteiger partial charge in [0.15, 0.2) is 0 Å². The van der Waals surface area contributed by atoms with E-state index in [9.17, 15) is 9.59 Å². The van der Waals surface area contributed by atoms with Gasteiger partial charge in [0.1, 0.15) is 0 Å². The first kappa shape index (κ1) is 12.9. The van der Waals surface area contributed by atoms with Gasteiger partial charge in [-0.05, 0) is 20.3 Å². The molecule has 0 aliphatic rings. The molecule has 0 aliphatic heterocycles. The Morgan fingerprint density at radius 2 is 1.71 bits per heavy atom. The molecule has 0 rings (SSSR count). The fraction of sp³-hybridized carbons (Fsp3) is 0.800. The highest BCUT2D eigenvalue weighted by Crippen LogP contribution is 1.94. The van der Waals surface area contributed by atoms with Gasteiger partial charge in [0.05, 0.1) is 6.61 Å². The van der Waals surface area contributed by atoms with Crippen LogP contribution in [-0.2, 0) is 14.3 Å². The molecular weight excluding hydrogens is 182 g/mol. The normalized spacial score (nSPS) is 9.64. The minimum atomic E-state index is -0.734. The van der Waals surface area contributed by atoms with E-state index in [1.807, 2.05) is 20.8 Å². The van der Waals surface area contributed by atoms with Crippen LogP contribution in [0.15, 0.2) is 0 Å². The molecule has 0 atom stereocenters. The largest absolute Gasteiger partial charge is 0.459 e. The molecule has 0 heterocycles. The third kappa shape index (κ3) is 4.25. The maximum Gasteiger partial charge on any atom is 0.397 e. The topological polar surface area (TPSA) is 46.6 Å². The first-order chi connectivity index (χ1) is 6.67. The summed E-state index contributed by atoms with van der Waals surface area (Å²) in [7, 11) is 0. The molecule has 0 N–H and O–H groups in total. The Kier molecular flexibility index (Phi) is 6.80. The minimum absolute atomic E-state index is 0.336. The van der Waals surface area contributed by atoms with Gasteiger partial charge in [-0.2, -0.15) is 0 Å². The number of nitrogens with zero attached hydrogens (tertiary/aromatic N) is 1. The Morgan fingerprint density at radius 3 is 2.14 bits per heavy atom. The van der Waals surface area contributed by atoms with Crippen LogP contribution >= 0.6 is 0 Å². The van der Waals surface area contributed by atoms with Crippen molar-refractivity contribution in [2.45, 2.75) is 33.6 Å². The lowest BCUT2D eigenvalue weighted by molar-refractivity contribution is -0.160. The molecule has 0 aromatic carbocycles. The molecule has 82 valence electrons. The molecule has 0 spiro atoms. The number of carbonyl (C=O) groups is 2. The van der Waals surface area contributed by atoms with Gasteiger partial charge in [0.2, 0.25) is 0 Å². The summed E-state index contributed by atoms with van der Waals surface area (Å²) in [5, 5.41) is 0. The molecule has 1 amide bonds. The standard InChI is InChI=1S/C10H19NO3/c1-4-7-8-14-10(13)9(12)11(5-2)6-3/h4-8H2,1-3H3. The third-order valence-corrected chi connectivity index (χ3v) is 1.96. The molecule has 0 aromatic rings.